The predicted molar refractivity (Wildman–Crippen MR) is 86.6 cm³/mol. The SMILES string of the molecule is C[C@@H]1O[C@]12C[C@H](C)[C@](C)(O)C(=O)OCC1=CCN3CC[C@@H](OC2=O)[C@@H]13. The smallest absolute Gasteiger partial charge is 0.341 e. The van der Waals surface area contributed by atoms with E-state index in [0.717, 1.165) is 25.1 Å². The topological polar surface area (TPSA) is 88.6 Å². The van der Waals surface area contributed by atoms with E-state index < -0.39 is 23.1 Å². The maximum atomic E-state index is 12.9. The summed E-state index contributed by atoms with van der Waals surface area (Å²) in [5.74, 6) is -1.55. The van der Waals surface area contributed by atoms with Crippen molar-refractivity contribution in [1.29, 1.82) is 0 Å². The Morgan fingerprint density at radius 3 is 2.68 bits per heavy atom. The zero-order valence-electron chi connectivity index (χ0n) is 14.9. The monoisotopic (exact) mass is 351 g/mol. The Hall–Kier alpha value is -1.44. The Balaban J connectivity index is 1.66. The third-order valence-electron chi connectivity index (χ3n) is 6.36. The summed E-state index contributed by atoms with van der Waals surface area (Å²) in [6.07, 6.45) is 2.48. The molecule has 7 heteroatoms. The van der Waals surface area contributed by atoms with Gasteiger partial charge >= 0.3 is 11.9 Å². The van der Waals surface area contributed by atoms with E-state index in [-0.39, 0.29) is 37.2 Å². The minimum atomic E-state index is -1.69. The fraction of sp³-hybridized carbons (Fsp3) is 0.778. The number of cyclic esters (lactones) is 1. The number of esters is 2. The van der Waals surface area contributed by atoms with Gasteiger partial charge in [0.15, 0.2) is 11.2 Å². The molecule has 0 aromatic rings. The first kappa shape index (κ1) is 17.0. The summed E-state index contributed by atoms with van der Waals surface area (Å²) < 4.78 is 16.9. The van der Waals surface area contributed by atoms with Crippen LogP contribution in [0.2, 0.25) is 0 Å². The molecule has 7 nitrogen and oxygen atoms in total. The second-order valence-electron chi connectivity index (χ2n) is 7.93. The van der Waals surface area contributed by atoms with E-state index in [9.17, 15) is 14.7 Å². The van der Waals surface area contributed by atoms with Crippen molar-refractivity contribution in [3.63, 3.8) is 0 Å². The molecule has 4 rings (SSSR count). The summed E-state index contributed by atoms with van der Waals surface area (Å²) in [6, 6.07) is -0.0512. The maximum Gasteiger partial charge on any atom is 0.341 e. The van der Waals surface area contributed by atoms with E-state index in [4.69, 9.17) is 14.2 Å². The van der Waals surface area contributed by atoms with Crippen molar-refractivity contribution < 1.29 is 28.9 Å². The van der Waals surface area contributed by atoms with Gasteiger partial charge in [-0.3, -0.25) is 4.90 Å². The zero-order chi connectivity index (χ0) is 18.0. The number of hydrogen-bond acceptors (Lipinski definition) is 7. The van der Waals surface area contributed by atoms with E-state index in [1.54, 1.807) is 6.92 Å². The zero-order valence-corrected chi connectivity index (χ0v) is 14.9. The Labute approximate surface area is 146 Å². The highest BCUT2D eigenvalue weighted by atomic mass is 16.7. The van der Waals surface area contributed by atoms with Gasteiger partial charge in [0.25, 0.3) is 0 Å². The van der Waals surface area contributed by atoms with E-state index in [2.05, 4.69) is 4.90 Å². The first-order valence-electron chi connectivity index (χ1n) is 8.97. The summed E-state index contributed by atoms with van der Waals surface area (Å²) in [6.45, 7) is 6.70. The molecule has 25 heavy (non-hydrogen) atoms. The number of epoxide rings is 1. The lowest BCUT2D eigenvalue weighted by Gasteiger charge is -2.32. The van der Waals surface area contributed by atoms with Gasteiger partial charge in [-0.1, -0.05) is 13.0 Å². The molecule has 0 saturated carbocycles. The van der Waals surface area contributed by atoms with Gasteiger partial charge in [0.1, 0.15) is 12.7 Å². The van der Waals surface area contributed by atoms with Gasteiger partial charge in [0, 0.05) is 13.1 Å². The van der Waals surface area contributed by atoms with Gasteiger partial charge in [-0.15, -0.1) is 0 Å². The predicted octanol–water partition coefficient (Wildman–Crippen LogP) is 0.404. The lowest BCUT2D eigenvalue weighted by atomic mass is 9.82. The molecule has 0 amide bonds. The molecule has 0 aromatic carbocycles. The molecular weight excluding hydrogens is 326 g/mol. The van der Waals surface area contributed by atoms with E-state index in [1.807, 2.05) is 13.0 Å². The summed E-state index contributed by atoms with van der Waals surface area (Å²) in [5.41, 5.74) is -1.82. The third-order valence-corrected chi connectivity index (χ3v) is 6.36. The average molecular weight is 351 g/mol. The summed E-state index contributed by atoms with van der Waals surface area (Å²) >= 11 is 0. The normalized spacial score (nSPS) is 47.4. The molecule has 0 aliphatic carbocycles. The van der Waals surface area contributed by atoms with E-state index in [1.165, 1.54) is 6.92 Å². The number of aliphatic hydroxyl groups is 1. The summed E-state index contributed by atoms with van der Waals surface area (Å²) in [4.78, 5) is 27.5. The van der Waals surface area contributed by atoms with Crippen molar-refractivity contribution in [3.8, 4) is 0 Å². The second kappa shape index (κ2) is 5.53. The van der Waals surface area contributed by atoms with Crippen LogP contribution in [0.3, 0.4) is 0 Å². The molecule has 4 heterocycles. The van der Waals surface area contributed by atoms with Crippen molar-refractivity contribution in [1.82, 2.24) is 4.90 Å². The fourth-order valence-corrected chi connectivity index (χ4v) is 4.31. The van der Waals surface area contributed by atoms with Crippen LogP contribution in [-0.2, 0) is 23.8 Å². The molecule has 3 fully saturated rings. The highest BCUT2D eigenvalue weighted by Gasteiger charge is 2.64. The maximum absolute atomic E-state index is 12.9. The van der Waals surface area contributed by atoms with Crippen molar-refractivity contribution in [3.05, 3.63) is 11.6 Å². The van der Waals surface area contributed by atoms with Crippen LogP contribution in [0.4, 0.5) is 0 Å². The Morgan fingerprint density at radius 1 is 1.28 bits per heavy atom. The molecule has 0 aromatic heterocycles. The van der Waals surface area contributed by atoms with Crippen molar-refractivity contribution in [2.24, 2.45) is 5.92 Å². The number of carbonyl (C=O) groups is 2. The molecule has 4 aliphatic heterocycles. The minimum absolute atomic E-state index is 0.0512. The molecule has 0 radical (unpaired) electrons. The molecule has 3 saturated heterocycles. The Morgan fingerprint density at radius 2 is 2.00 bits per heavy atom. The van der Waals surface area contributed by atoms with Crippen molar-refractivity contribution >= 4 is 11.9 Å². The fourth-order valence-electron chi connectivity index (χ4n) is 4.31. The van der Waals surface area contributed by atoms with Crippen LogP contribution < -0.4 is 0 Å². The van der Waals surface area contributed by atoms with Crippen LogP contribution in [0.15, 0.2) is 11.6 Å². The number of rotatable bonds is 0. The van der Waals surface area contributed by atoms with E-state index in [0.29, 0.717) is 0 Å². The molecule has 1 spiro atoms. The third kappa shape index (κ3) is 2.52. The molecule has 4 aliphatic rings. The summed E-state index contributed by atoms with van der Waals surface area (Å²) in [5, 5.41) is 10.7. The van der Waals surface area contributed by atoms with Crippen LogP contribution in [-0.4, -0.2) is 71.1 Å². The van der Waals surface area contributed by atoms with Crippen LogP contribution in [0.25, 0.3) is 0 Å². The van der Waals surface area contributed by atoms with Crippen molar-refractivity contribution in [2.45, 2.75) is 63.1 Å². The molecule has 1 N–H and O–H groups in total. The van der Waals surface area contributed by atoms with Crippen LogP contribution >= 0.6 is 0 Å². The number of carbonyl (C=O) groups excluding carboxylic acids is 2. The minimum Gasteiger partial charge on any atom is -0.459 e. The average Bonchev–Trinajstić information content (AvgIpc) is 2.91. The molecule has 0 bridgehead atoms. The number of nitrogens with zero attached hydrogens (tertiary/aromatic N) is 1. The highest BCUT2D eigenvalue weighted by molar-refractivity contribution is 5.84. The van der Waals surface area contributed by atoms with Gasteiger partial charge in [-0.05, 0) is 38.2 Å². The van der Waals surface area contributed by atoms with Gasteiger partial charge in [-0.2, -0.15) is 0 Å². The molecule has 138 valence electrons. The van der Waals surface area contributed by atoms with Crippen LogP contribution in [0, 0.1) is 5.92 Å². The van der Waals surface area contributed by atoms with Crippen LogP contribution in [0.1, 0.15) is 33.6 Å². The molecule has 0 unspecified atom stereocenters. The van der Waals surface area contributed by atoms with Gasteiger partial charge in [0.05, 0.1) is 12.1 Å². The van der Waals surface area contributed by atoms with Crippen LogP contribution in [0.5, 0.6) is 0 Å². The number of hydrogen-bond donors (Lipinski definition) is 1. The van der Waals surface area contributed by atoms with E-state index >= 15 is 0 Å². The summed E-state index contributed by atoms with van der Waals surface area (Å²) in [7, 11) is 0. The quantitative estimate of drug-likeness (QED) is 0.384. The van der Waals surface area contributed by atoms with Gasteiger partial charge < -0.3 is 19.3 Å². The van der Waals surface area contributed by atoms with Gasteiger partial charge in [-0.25, -0.2) is 9.59 Å². The Bertz CT molecular complexity index is 643. The number of ether oxygens (including phenoxy) is 3. The first-order chi connectivity index (χ1) is 11.8. The molecular formula is C18H25NO6. The second-order valence-corrected chi connectivity index (χ2v) is 7.93. The first-order valence-corrected chi connectivity index (χ1v) is 8.97. The lowest BCUT2D eigenvalue weighted by Crippen LogP contribution is -2.48. The largest absolute Gasteiger partial charge is 0.459 e. The van der Waals surface area contributed by atoms with Gasteiger partial charge in [0.2, 0.25) is 0 Å². The highest BCUT2D eigenvalue weighted by Crippen LogP contribution is 2.46. The van der Waals surface area contributed by atoms with Crippen molar-refractivity contribution in [2.75, 3.05) is 19.7 Å². The molecule has 6 atom stereocenters. The lowest BCUT2D eigenvalue weighted by molar-refractivity contribution is -0.172. The Kier molecular flexibility index (Phi) is 3.76. The standard InChI is InChI=1S/C18H25NO6/c1-10-8-18(11(2)25-18)16(21)24-13-5-7-19-6-4-12(14(13)19)9-23-15(20)17(10,3)22/h4,10-11,13-14,22H,5-9H2,1-3H3/t10-,11-,13+,14+,17-,18+/m0/s1.